The molecule has 6 N–H and O–H groups in total. The number of benzene rings is 1. The number of ketones is 3. The van der Waals surface area contributed by atoms with E-state index >= 15 is 0 Å². The van der Waals surface area contributed by atoms with Crippen LogP contribution in [-0.2, 0) is 40.0 Å². The number of hydrogen-bond donors (Lipinski definition) is 5. The highest BCUT2D eigenvalue weighted by molar-refractivity contribution is 5.91. The Balaban J connectivity index is 0. The zero-order chi connectivity index (χ0) is 41.7. The van der Waals surface area contributed by atoms with Crippen LogP contribution in [0.3, 0.4) is 0 Å². The molecule has 0 bridgehead atoms. The van der Waals surface area contributed by atoms with Gasteiger partial charge in [-0.15, -0.1) is 0 Å². The molecule has 0 aromatic heterocycles. The number of nitrogens with two attached hydrogens (primary N) is 1. The van der Waals surface area contributed by atoms with Crippen LogP contribution in [0.1, 0.15) is 170 Å². The molecule has 12 heteroatoms. The van der Waals surface area contributed by atoms with Crippen LogP contribution in [0.15, 0.2) is 24.3 Å². The van der Waals surface area contributed by atoms with Gasteiger partial charge in [0.2, 0.25) is 11.8 Å². The topological polar surface area (TPSA) is 218 Å². The Kier molecular flexibility index (Phi) is 26.8. The number of aliphatic carboxylic acids is 2. The lowest BCUT2D eigenvalue weighted by molar-refractivity contribution is -0.144. The van der Waals surface area contributed by atoms with Crippen molar-refractivity contribution < 1.29 is 51.7 Å². The highest BCUT2D eigenvalue weighted by Gasteiger charge is 2.27. The maximum Gasteiger partial charge on any atom is 0.306 e. The predicted molar refractivity (Wildman–Crippen MR) is 220 cm³/mol. The van der Waals surface area contributed by atoms with Gasteiger partial charge in [-0.25, -0.2) is 0 Å². The molecule has 0 aliphatic rings. The lowest BCUT2D eigenvalue weighted by atomic mass is 9.84. The van der Waals surface area contributed by atoms with E-state index in [1.807, 2.05) is 13.8 Å². The molecular formula is C44H74N2O10. The smallest absolute Gasteiger partial charge is 0.306 e. The van der Waals surface area contributed by atoms with E-state index in [1.54, 1.807) is 12.1 Å². The zero-order valence-corrected chi connectivity index (χ0v) is 34.1. The minimum absolute atomic E-state index is 0. The van der Waals surface area contributed by atoms with Crippen LogP contribution in [0.25, 0.3) is 0 Å². The second kappa shape index (κ2) is 30.1. The summed E-state index contributed by atoms with van der Waals surface area (Å²) in [6.45, 7) is 4.18. The number of phenolic OH excluding ortho intramolecular Hbond substituents is 1. The molecule has 1 aromatic carbocycles. The van der Waals surface area contributed by atoms with E-state index < -0.39 is 35.6 Å². The fraction of sp³-hybridized carbons (Fsp3) is 0.705. The summed E-state index contributed by atoms with van der Waals surface area (Å²) in [5.74, 6) is -5.08. The number of primary amides is 1. The van der Waals surface area contributed by atoms with Gasteiger partial charge in [0.1, 0.15) is 23.1 Å². The molecule has 0 unspecified atom stereocenters. The molecule has 12 nitrogen and oxygen atoms in total. The van der Waals surface area contributed by atoms with Crippen LogP contribution in [0, 0.1) is 23.7 Å². The molecule has 1 aromatic rings. The molecule has 1 rings (SSSR count). The van der Waals surface area contributed by atoms with E-state index in [0.29, 0.717) is 38.6 Å². The summed E-state index contributed by atoms with van der Waals surface area (Å²) in [7, 11) is 0. The van der Waals surface area contributed by atoms with Crippen molar-refractivity contribution in [3.8, 4) is 5.75 Å². The van der Waals surface area contributed by atoms with Crippen LogP contribution in [-0.4, -0.2) is 63.0 Å². The summed E-state index contributed by atoms with van der Waals surface area (Å²) in [6, 6.07) is 6.34. The third kappa shape index (κ3) is 25.9. The molecule has 0 spiro atoms. The van der Waals surface area contributed by atoms with Crippen molar-refractivity contribution in [1.82, 2.24) is 5.32 Å². The first-order chi connectivity index (χ1) is 26.7. The standard InChI is InChI=1S/C44H70N2O10.2H2/c1-32(2)27-39(49)29-34(40(50)31-36(43(45)54)28-33-20-23-37(47)24-21-33)17-15-16-26-46-41(51)25-22-35(44(55)56)30-38(48)18-13-11-9-7-5-3-4-6-8-10-12-14-19-42(52)53;;/h20-21,23-24,32,34-36,47H,3-19,22,25-31H2,1-2H3,(H2,45,54)(H,46,51)(H,52,53)(H,55,56);2*1H/t34-,35-,36-;;/m1../s1. The molecule has 0 aliphatic heterocycles. The average Bonchev–Trinajstić information content (AvgIpc) is 3.12. The van der Waals surface area contributed by atoms with Crippen LogP contribution in [0.4, 0.5) is 0 Å². The SMILES string of the molecule is CC(C)CC(=O)C[C@@H](CCCCNC(=O)CC[C@H](CC(=O)CCCCCCCCCCCCCCC(=O)O)C(=O)O)C(=O)C[C@@H](Cc1ccc(O)cc1)C(N)=O.[HH].[HH]. The Labute approximate surface area is 337 Å². The Morgan fingerprint density at radius 3 is 1.66 bits per heavy atom. The van der Waals surface area contributed by atoms with Crippen molar-refractivity contribution >= 4 is 41.1 Å². The first kappa shape index (κ1) is 49.9. The van der Waals surface area contributed by atoms with Gasteiger partial charge >= 0.3 is 11.9 Å². The van der Waals surface area contributed by atoms with E-state index in [4.69, 9.17) is 10.8 Å². The van der Waals surface area contributed by atoms with Gasteiger partial charge in [0.05, 0.1) is 5.92 Å². The Bertz CT molecular complexity index is 1360. The van der Waals surface area contributed by atoms with Crippen molar-refractivity contribution in [2.75, 3.05) is 6.54 Å². The number of carbonyl (C=O) groups excluding carboxylic acids is 5. The number of phenols is 1. The minimum atomic E-state index is -1.09. The van der Waals surface area contributed by atoms with E-state index in [-0.39, 0.29) is 82.7 Å². The maximum absolute atomic E-state index is 13.4. The molecule has 0 aliphatic carbocycles. The molecule has 3 atom stereocenters. The lowest BCUT2D eigenvalue weighted by Gasteiger charge is -2.19. The van der Waals surface area contributed by atoms with Crippen molar-refractivity contribution in [3.63, 3.8) is 0 Å². The third-order valence-electron chi connectivity index (χ3n) is 10.3. The monoisotopic (exact) mass is 791 g/mol. The minimum Gasteiger partial charge on any atom is -0.508 e. The Hall–Kier alpha value is -4.09. The maximum atomic E-state index is 13.4. The fourth-order valence-corrected chi connectivity index (χ4v) is 6.98. The van der Waals surface area contributed by atoms with Gasteiger partial charge in [0, 0.05) is 66.2 Å². The van der Waals surface area contributed by atoms with Gasteiger partial charge in [-0.3, -0.25) is 33.6 Å². The van der Waals surface area contributed by atoms with Gasteiger partial charge in [-0.2, -0.15) is 0 Å². The summed E-state index contributed by atoms with van der Waals surface area (Å²) in [6.07, 6.45) is 15.1. The Morgan fingerprint density at radius 2 is 1.14 bits per heavy atom. The number of unbranched alkanes of at least 4 members (excludes halogenated alkanes) is 12. The van der Waals surface area contributed by atoms with Crippen LogP contribution in [0.2, 0.25) is 0 Å². The summed E-state index contributed by atoms with van der Waals surface area (Å²) < 4.78 is 0. The molecule has 2 amide bonds. The highest BCUT2D eigenvalue weighted by Crippen LogP contribution is 2.24. The number of carbonyl (C=O) groups is 7. The molecular weight excluding hydrogens is 716 g/mol. The van der Waals surface area contributed by atoms with Crippen molar-refractivity contribution in [1.29, 1.82) is 0 Å². The molecule has 0 fully saturated rings. The fourth-order valence-electron chi connectivity index (χ4n) is 6.98. The Morgan fingerprint density at radius 1 is 0.607 bits per heavy atom. The van der Waals surface area contributed by atoms with Crippen molar-refractivity contribution in [3.05, 3.63) is 29.8 Å². The summed E-state index contributed by atoms with van der Waals surface area (Å²) >= 11 is 0. The molecule has 56 heavy (non-hydrogen) atoms. The van der Waals surface area contributed by atoms with Gasteiger partial charge < -0.3 is 26.4 Å². The normalized spacial score (nSPS) is 12.8. The number of amides is 2. The third-order valence-corrected chi connectivity index (χ3v) is 10.3. The second-order valence-electron chi connectivity index (χ2n) is 16.0. The lowest BCUT2D eigenvalue weighted by Crippen LogP contribution is -2.30. The van der Waals surface area contributed by atoms with Gasteiger partial charge in [0.15, 0.2) is 0 Å². The first-order valence-corrected chi connectivity index (χ1v) is 21.0. The first-order valence-electron chi connectivity index (χ1n) is 21.0. The largest absolute Gasteiger partial charge is 0.508 e. The van der Waals surface area contributed by atoms with Crippen LogP contribution < -0.4 is 11.1 Å². The van der Waals surface area contributed by atoms with Crippen molar-refractivity contribution in [2.45, 2.75) is 168 Å². The molecule has 0 radical (unpaired) electrons. The van der Waals surface area contributed by atoms with Crippen molar-refractivity contribution in [2.24, 2.45) is 29.4 Å². The number of rotatable bonds is 36. The predicted octanol–water partition coefficient (Wildman–Crippen LogP) is 8.38. The van der Waals surface area contributed by atoms with E-state index in [1.165, 1.54) is 31.4 Å². The number of hydrogen-bond acceptors (Lipinski definition) is 8. The molecule has 0 saturated heterocycles. The molecule has 320 valence electrons. The number of carboxylic acid groups (broad SMARTS) is 2. The van der Waals surface area contributed by atoms with E-state index in [0.717, 1.165) is 63.4 Å². The second-order valence-corrected chi connectivity index (χ2v) is 16.0. The average molecular weight is 791 g/mol. The number of aromatic hydroxyl groups is 1. The van der Waals surface area contributed by atoms with Gasteiger partial charge in [-0.05, 0) is 62.1 Å². The highest BCUT2D eigenvalue weighted by atomic mass is 16.4. The molecule has 0 saturated carbocycles. The number of carboxylic acids is 2. The zero-order valence-electron chi connectivity index (χ0n) is 34.1. The summed E-state index contributed by atoms with van der Waals surface area (Å²) in [4.78, 5) is 85.8. The van der Waals surface area contributed by atoms with Crippen LogP contribution in [0.5, 0.6) is 5.75 Å². The van der Waals surface area contributed by atoms with E-state index in [9.17, 15) is 43.8 Å². The summed E-state index contributed by atoms with van der Waals surface area (Å²) in [5, 5.41) is 30.7. The van der Waals surface area contributed by atoms with Gasteiger partial charge in [-0.1, -0.05) is 96.6 Å². The number of Topliss-reactive ketones (excluding diaryl/α,β-unsaturated/α-hetero) is 3. The summed E-state index contributed by atoms with van der Waals surface area (Å²) in [5.41, 5.74) is 6.39. The van der Waals surface area contributed by atoms with Gasteiger partial charge in [0.25, 0.3) is 0 Å². The van der Waals surface area contributed by atoms with Crippen LogP contribution >= 0.6 is 0 Å². The quantitative estimate of drug-likeness (QED) is 0.0409. The molecule has 0 heterocycles. The number of nitrogens with one attached hydrogen (secondary N) is 1. The van der Waals surface area contributed by atoms with E-state index in [2.05, 4.69) is 5.32 Å².